The first kappa shape index (κ1) is 11.5. The van der Waals surface area contributed by atoms with Crippen LogP contribution < -0.4 is 5.73 Å². The molecule has 1 heterocycles. The quantitative estimate of drug-likeness (QED) is 0.669. The summed E-state index contributed by atoms with van der Waals surface area (Å²) in [5, 5.41) is 8.61. The molecule has 0 bridgehead atoms. The number of primary amides is 1. The minimum Gasteiger partial charge on any atom is -0.364 e. The van der Waals surface area contributed by atoms with E-state index in [0.717, 1.165) is 9.99 Å². The maximum absolute atomic E-state index is 11.0. The molecular formula is C10H7ClIN3O. The number of amides is 1. The molecule has 82 valence electrons. The van der Waals surface area contributed by atoms with Gasteiger partial charge in [-0.2, -0.15) is 0 Å². The third-order valence-electron chi connectivity index (χ3n) is 2.15. The summed E-state index contributed by atoms with van der Waals surface area (Å²) >= 11 is 8.28. The van der Waals surface area contributed by atoms with Gasteiger partial charge >= 0.3 is 0 Å². The lowest BCUT2D eigenvalue weighted by atomic mass is 10.1. The topological polar surface area (TPSA) is 68.9 Å². The molecule has 0 saturated heterocycles. The molecule has 0 spiro atoms. The van der Waals surface area contributed by atoms with Crippen molar-refractivity contribution in [3.05, 3.63) is 34.5 Å². The van der Waals surface area contributed by atoms with Crippen LogP contribution in [0.25, 0.3) is 10.9 Å². The minimum absolute atomic E-state index is 0.0105. The lowest BCUT2D eigenvalue weighted by Gasteiger charge is -2.03. The molecule has 0 aliphatic heterocycles. The molecule has 0 fully saturated rings. The average molecular weight is 348 g/mol. The molecule has 0 unspecified atom stereocenters. The molecule has 1 aromatic heterocycles. The zero-order valence-electron chi connectivity index (χ0n) is 8.08. The first-order valence-corrected chi connectivity index (χ1v) is 6.34. The van der Waals surface area contributed by atoms with Crippen molar-refractivity contribution in [2.45, 2.75) is 4.43 Å². The van der Waals surface area contributed by atoms with E-state index in [-0.39, 0.29) is 10.7 Å². The summed E-state index contributed by atoms with van der Waals surface area (Å²) in [4.78, 5) is 11.0. The van der Waals surface area contributed by atoms with Gasteiger partial charge in [-0.25, -0.2) is 0 Å². The molecule has 0 radical (unpaired) electrons. The van der Waals surface area contributed by atoms with Gasteiger partial charge in [-0.15, -0.1) is 10.2 Å². The second-order valence-corrected chi connectivity index (χ2v) is 4.35. The first-order chi connectivity index (χ1) is 7.63. The van der Waals surface area contributed by atoms with Gasteiger partial charge < -0.3 is 5.73 Å². The summed E-state index contributed by atoms with van der Waals surface area (Å²) in [5.74, 6) is -0.669. The SMILES string of the molecule is NC(=O)c1nnc2cc(CI)ccc2c1Cl. The van der Waals surface area contributed by atoms with E-state index in [0.29, 0.717) is 10.9 Å². The fraction of sp³-hybridized carbons (Fsp3) is 0.100. The molecule has 2 rings (SSSR count). The normalized spacial score (nSPS) is 10.6. The van der Waals surface area contributed by atoms with Gasteiger partial charge in [0.2, 0.25) is 0 Å². The molecular weight excluding hydrogens is 340 g/mol. The second kappa shape index (κ2) is 4.50. The van der Waals surface area contributed by atoms with Crippen LogP contribution in [0.3, 0.4) is 0 Å². The zero-order valence-corrected chi connectivity index (χ0v) is 11.0. The molecule has 6 heteroatoms. The van der Waals surface area contributed by atoms with Gasteiger partial charge in [0.25, 0.3) is 5.91 Å². The first-order valence-electron chi connectivity index (χ1n) is 4.44. The van der Waals surface area contributed by atoms with Gasteiger partial charge in [-0.05, 0) is 11.6 Å². The summed E-state index contributed by atoms with van der Waals surface area (Å²) < 4.78 is 0.880. The van der Waals surface area contributed by atoms with E-state index in [1.54, 1.807) is 0 Å². The zero-order chi connectivity index (χ0) is 11.7. The van der Waals surface area contributed by atoms with Crippen LogP contribution in [0.5, 0.6) is 0 Å². The lowest BCUT2D eigenvalue weighted by molar-refractivity contribution is 0.0995. The number of alkyl halides is 1. The van der Waals surface area contributed by atoms with Crippen molar-refractivity contribution >= 4 is 51.0 Å². The Kier molecular flexibility index (Phi) is 3.25. The highest BCUT2D eigenvalue weighted by molar-refractivity contribution is 14.1. The summed E-state index contributed by atoms with van der Waals surface area (Å²) in [6.45, 7) is 0. The van der Waals surface area contributed by atoms with E-state index >= 15 is 0 Å². The van der Waals surface area contributed by atoms with E-state index in [1.165, 1.54) is 0 Å². The maximum atomic E-state index is 11.0. The summed E-state index contributed by atoms with van der Waals surface area (Å²) in [7, 11) is 0. The monoisotopic (exact) mass is 347 g/mol. The maximum Gasteiger partial charge on any atom is 0.270 e. The molecule has 1 amide bonds. The second-order valence-electron chi connectivity index (χ2n) is 3.21. The average Bonchev–Trinajstić information content (AvgIpc) is 2.28. The fourth-order valence-electron chi connectivity index (χ4n) is 1.36. The number of fused-ring (bicyclic) bond motifs is 1. The number of nitrogens with two attached hydrogens (primary N) is 1. The predicted molar refractivity (Wildman–Crippen MR) is 70.8 cm³/mol. The van der Waals surface area contributed by atoms with Crippen molar-refractivity contribution in [2.75, 3.05) is 0 Å². The van der Waals surface area contributed by atoms with Crippen LogP contribution in [0.2, 0.25) is 5.02 Å². The summed E-state index contributed by atoms with van der Waals surface area (Å²) in [6.07, 6.45) is 0. The van der Waals surface area contributed by atoms with Crippen LogP contribution in [-0.2, 0) is 4.43 Å². The van der Waals surface area contributed by atoms with E-state index in [2.05, 4.69) is 32.8 Å². The third-order valence-corrected chi connectivity index (χ3v) is 3.42. The highest BCUT2D eigenvalue weighted by Crippen LogP contribution is 2.25. The van der Waals surface area contributed by atoms with Crippen LogP contribution in [0.1, 0.15) is 16.1 Å². The number of halogens is 2. The highest BCUT2D eigenvalue weighted by atomic mass is 127. The Bertz CT molecular complexity index is 573. The van der Waals surface area contributed by atoms with Crippen molar-refractivity contribution in [2.24, 2.45) is 5.73 Å². The molecule has 16 heavy (non-hydrogen) atoms. The van der Waals surface area contributed by atoms with E-state index in [9.17, 15) is 4.79 Å². The number of hydrogen-bond donors (Lipinski definition) is 1. The molecule has 2 aromatic rings. The Hall–Kier alpha value is -0.950. The van der Waals surface area contributed by atoms with Crippen LogP contribution >= 0.6 is 34.2 Å². The molecule has 2 N–H and O–H groups in total. The van der Waals surface area contributed by atoms with Crippen molar-refractivity contribution in [1.82, 2.24) is 10.2 Å². The van der Waals surface area contributed by atoms with Crippen LogP contribution in [0, 0.1) is 0 Å². The summed E-state index contributed by atoms with van der Waals surface area (Å²) in [6, 6.07) is 5.66. The summed E-state index contributed by atoms with van der Waals surface area (Å²) in [5.41, 5.74) is 6.95. The molecule has 0 aliphatic carbocycles. The number of carbonyl (C=O) groups is 1. The Balaban J connectivity index is 2.71. The molecule has 0 atom stereocenters. The van der Waals surface area contributed by atoms with Gasteiger partial charge in [-0.3, -0.25) is 4.79 Å². The van der Waals surface area contributed by atoms with Gasteiger partial charge in [-0.1, -0.05) is 46.3 Å². The number of rotatable bonds is 2. The smallest absolute Gasteiger partial charge is 0.270 e. The number of carbonyl (C=O) groups excluding carboxylic acids is 1. The van der Waals surface area contributed by atoms with Crippen molar-refractivity contribution in [3.8, 4) is 0 Å². The van der Waals surface area contributed by atoms with Crippen molar-refractivity contribution in [3.63, 3.8) is 0 Å². The van der Waals surface area contributed by atoms with Gasteiger partial charge in [0.05, 0.1) is 10.5 Å². The number of nitrogens with zero attached hydrogens (tertiary/aromatic N) is 2. The number of aromatic nitrogens is 2. The Morgan fingerprint density at radius 1 is 1.44 bits per heavy atom. The van der Waals surface area contributed by atoms with Gasteiger partial charge in [0.15, 0.2) is 5.69 Å². The predicted octanol–water partition coefficient (Wildman–Crippen LogP) is 2.32. The Morgan fingerprint density at radius 2 is 2.19 bits per heavy atom. The largest absolute Gasteiger partial charge is 0.364 e. The molecule has 4 nitrogen and oxygen atoms in total. The fourth-order valence-corrected chi connectivity index (χ4v) is 2.13. The van der Waals surface area contributed by atoms with Crippen LogP contribution in [-0.4, -0.2) is 16.1 Å². The van der Waals surface area contributed by atoms with E-state index < -0.39 is 5.91 Å². The van der Waals surface area contributed by atoms with Crippen molar-refractivity contribution in [1.29, 1.82) is 0 Å². The standard InChI is InChI=1S/C10H7ClIN3O/c11-8-6-2-1-5(4-12)3-7(6)14-15-9(8)10(13)16/h1-3H,4H2,(H2,13,16). The Labute approximate surface area is 110 Å². The van der Waals surface area contributed by atoms with Crippen LogP contribution in [0.15, 0.2) is 18.2 Å². The van der Waals surface area contributed by atoms with Gasteiger partial charge in [0, 0.05) is 9.81 Å². The van der Waals surface area contributed by atoms with E-state index in [4.69, 9.17) is 17.3 Å². The number of hydrogen-bond acceptors (Lipinski definition) is 3. The molecule has 0 saturated carbocycles. The lowest BCUT2D eigenvalue weighted by Crippen LogP contribution is -2.14. The van der Waals surface area contributed by atoms with Crippen molar-refractivity contribution < 1.29 is 4.79 Å². The minimum atomic E-state index is -0.669. The number of benzene rings is 1. The third kappa shape index (κ3) is 1.97. The molecule has 0 aliphatic rings. The van der Waals surface area contributed by atoms with Crippen LogP contribution in [0.4, 0.5) is 0 Å². The van der Waals surface area contributed by atoms with Gasteiger partial charge in [0.1, 0.15) is 0 Å². The Morgan fingerprint density at radius 3 is 2.81 bits per heavy atom. The van der Waals surface area contributed by atoms with E-state index in [1.807, 2.05) is 18.2 Å². The highest BCUT2D eigenvalue weighted by Gasteiger charge is 2.13. The molecule has 1 aromatic carbocycles.